The molecular weight excluding hydrogens is 394 g/mol. The Kier molecular flexibility index (Phi) is 7.21. The van der Waals surface area contributed by atoms with Crippen LogP contribution in [0.15, 0.2) is 61.2 Å². The van der Waals surface area contributed by atoms with Gasteiger partial charge in [0.2, 0.25) is 0 Å². The molecule has 1 heterocycles. The minimum absolute atomic E-state index is 0.0657. The van der Waals surface area contributed by atoms with Crippen LogP contribution in [0.5, 0.6) is 0 Å². The van der Waals surface area contributed by atoms with Crippen LogP contribution in [0.25, 0.3) is 5.69 Å². The summed E-state index contributed by atoms with van der Waals surface area (Å²) in [5.74, 6) is 0. The first-order chi connectivity index (χ1) is 14.9. The van der Waals surface area contributed by atoms with Gasteiger partial charge in [0.1, 0.15) is 12.7 Å². The number of hydrogen-bond donors (Lipinski definition) is 4. The predicted octanol–water partition coefficient (Wildman–Crippen LogP) is 3.36. The summed E-state index contributed by atoms with van der Waals surface area (Å²) in [5.41, 5.74) is 3.50. The Morgan fingerprint density at radius 3 is 2.26 bits per heavy atom. The van der Waals surface area contributed by atoms with Crippen molar-refractivity contribution in [2.75, 3.05) is 5.32 Å². The zero-order valence-electron chi connectivity index (χ0n) is 17.8. The van der Waals surface area contributed by atoms with Gasteiger partial charge in [-0.2, -0.15) is 5.10 Å². The number of hydrogen-bond acceptors (Lipinski definition) is 4. The van der Waals surface area contributed by atoms with Gasteiger partial charge in [-0.15, -0.1) is 0 Å². The summed E-state index contributed by atoms with van der Waals surface area (Å²) in [5, 5.41) is 15.4. The van der Waals surface area contributed by atoms with Crippen LogP contribution in [0.4, 0.5) is 15.3 Å². The molecule has 0 bridgehead atoms. The number of rotatable bonds is 7. The molecule has 2 aromatic carbocycles. The quantitative estimate of drug-likeness (QED) is 0.468. The van der Waals surface area contributed by atoms with Crippen molar-refractivity contribution in [3.63, 3.8) is 0 Å². The highest BCUT2D eigenvalue weighted by Crippen LogP contribution is 2.15. The molecule has 9 nitrogen and oxygen atoms in total. The van der Waals surface area contributed by atoms with Crippen LogP contribution < -0.4 is 21.3 Å². The lowest BCUT2D eigenvalue weighted by atomic mass is 10.1. The van der Waals surface area contributed by atoms with Gasteiger partial charge in [0.25, 0.3) is 0 Å². The number of carbonyl (C=O) groups excluding carboxylic acids is 2. The Bertz CT molecular complexity index is 984. The van der Waals surface area contributed by atoms with E-state index >= 15 is 0 Å². The van der Waals surface area contributed by atoms with Crippen LogP contribution in [0.1, 0.15) is 37.9 Å². The molecule has 1 atom stereocenters. The third kappa shape index (κ3) is 6.56. The van der Waals surface area contributed by atoms with Crippen LogP contribution in [0, 0.1) is 0 Å². The van der Waals surface area contributed by atoms with Gasteiger partial charge in [-0.05, 0) is 56.2 Å². The maximum atomic E-state index is 12.3. The van der Waals surface area contributed by atoms with E-state index in [1.165, 1.54) is 6.33 Å². The van der Waals surface area contributed by atoms with E-state index in [0.29, 0.717) is 12.2 Å². The summed E-state index contributed by atoms with van der Waals surface area (Å²) in [6, 6.07) is 14.5. The van der Waals surface area contributed by atoms with Crippen molar-refractivity contribution in [2.24, 2.45) is 0 Å². The first-order valence-corrected chi connectivity index (χ1v) is 10.1. The predicted molar refractivity (Wildman–Crippen MR) is 119 cm³/mol. The molecule has 0 spiro atoms. The van der Waals surface area contributed by atoms with Crippen LogP contribution in [-0.4, -0.2) is 32.9 Å². The fourth-order valence-corrected chi connectivity index (χ4v) is 2.91. The van der Waals surface area contributed by atoms with Crippen LogP contribution in [0.2, 0.25) is 0 Å². The third-order valence-corrected chi connectivity index (χ3v) is 4.51. The monoisotopic (exact) mass is 421 g/mol. The molecular formula is C22H27N7O2. The Balaban J connectivity index is 1.45. The van der Waals surface area contributed by atoms with Crippen molar-refractivity contribution in [3.05, 3.63) is 72.3 Å². The van der Waals surface area contributed by atoms with Gasteiger partial charge in [0.05, 0.1) is 11.7 Å². The molecule has 162 valence electrons. The van der Waals surface area contributed by atoms with Crippen molar-refractivity contribution < 1.29 is 9.59 Å². The van der Waals surface area contributed by atoms with Crippen molar-refractivity contribution >= 4 is 17.7 Å². The maximum Gasteiger partial charge on any atom is 0.319 e. The van der Waals surface area contributed by atoms with Gasteiger partial charge in [0.15, 0.2) is 0 Å². The van der Waals surface area contributed by atoms with E-state index in [9.17, 15) is 9.59 Å². The lowest BCUT2D eigenvalue weighted by Gasteiger charge is -2.16. The molecule has 9 heteroatoms. The first-order valence-electron chi connectivity index (χ1n) is 10.1. The topological polar surface area (TPSA) is 113 Å². The van der Waals surface area contributed by atoms with E-state index in [1.54, 1.807) is 23.1 Å². The largest absolute Gasteiger partial charge is 0.336 e. The summed E-state index contributed by atoms with van der Waals surface area (Å²) in [6.07, 6.45) is 3.11. The third-order valence-electron chi connectivity index (χ3n) is 4.51. The van der Waals surface area contributed by atoms with Gasteiger partial charge in [-0.1, -0.05) is 24.3 Å². The number of nitrogens with zero attached hydrogens (tertiary/aromatic N) is 3. The van der Waals surface area contributed by atoms with Crippen molar-refractivity contribution in [1.29, 1.82) is 0 Å². The minimum Gasteiger partial charge on any atom is -0.336 e. The number of amides is 4. The molecule has 1 unspecified atom stereocenters. The summed E-state index contributed by atoms with van der Waals surface area (Å²) in [6.45, 7) is 6.09. The maximum absolute atomic E-state index is 12.3. The van der Waals surface area contributed by atoms with E-state index in [4.69, 9.17) is 0 Å². The molecule has 0 fully saturated rings. The summed E-state index contributed by atoms with van der Waals surface area (Å²) < 4.78 is 1.67. The number of carbonyl (C=O) groups is 2. The molecule has 4 amide bonds. The van der Waals surface area contributed by atoms with Crippen molar-refractivity contribution in [3.8, 4) is 5.69 Å². The van der Waals surface area contributed by atoms with Gasteiger partial charge >= 0.3 is 12.1 Å². The number of anilines is 1. The number of nitrogens with one attached hydrogen (secondary N) is 4. The average Bonchev–Trinajstić information content (AvgIpc) is 3.27. The van der Waals surface area contributed by atoms with Gasteiger partial charge < -0.3 is 21.3 Å². The van der Waals surface area contributed by atoms with Crippen molar-refractivity contribution in [1.82, 2.24) is 30.7 Å². The smallest absolute Gasteiger partial charge is 0.319 e. The number of aromatic nitrogens is 3. The standard InChI is InChI=1S/C22H27N7O2/c1-15(2)26-22(31)28-19-8-4-17(5-9-19)12-24-21(30)27-16(3)18-6-10-20(11-7-18)29-14-23-13-25-29/h4-11,13-16H,12H2,1-3H3,(H2,24,27,30)(H2,26,28,31). The second-order valence-corrected chi connectivity index (χ2v) is 7.43. The number of benzene rings is 2. The molecule has 0 radical (unpaired) electrons. The highest BCUT2D eigenvalue weighted by Gasteiger charge is 2.10. The molecule has 0 saturated carbocycles. The molecule has 0 saturated heterocycles. The fraction of sp³-hybridized carbons (Fsp3) is 0.273. The van der Waals surface area contributed by atoms with Crippen LogP contribution in [-0.2, 0) is 6.54 Å². The Morgan fingerprint density at radius 2 is 1.65 bits per heavy atom. The zero-order valence-corrected chi connectivity index (χ0v) is 17.8. The number of urea groups is 2. The minimum atomic E-state index is -0.258. The molecule has 31 heavy (non-hydrogen) atoms. The molecule has 3 rings (SSSR count). The summed E-state index contributed by atoms with van der Waals surface area (Å²) in [4.78, 5) is 27.9. The normalized spacial score (nSPS) is 11.6. The Morgan fingerprint density at radius 1 is 0.935 bits per heavy atom. The lowest BCUT2D eigenvalue weighted by Crippen LogP contribution is -2.36. The van der Waals surface area contributed by atoms with E-state index in [0.717, 1.165) is 16.8 Å². The van der Waals surface area contributed by atoms with Crippen LogP contribution >= 0.6 is 0 Å². The van der Waals surface area contributed by atoms with Gasteiger partial charge in [-0.3, -0.25) is 0 Å². The van der Waals surface area contributed by atoms with E-state index in [2.05, 4.69) is 31.3 Å². The summed E-state index contributed by atoms with van der Waals surface area (Å²) >= 11 is 0. The molecule has 3 aromatic rings. The fourth-order valence-electron chi connectivity index (χ4n) is 2.91. The van der Waals surface area contributed by atoms with Crippen molar-refractivity contribution in [2.45, 2.75) is 39.4 Å². The van der Waals surface area contributed by atoms with Crippen LogP contribution in [0.3, 0.4) is 0 Å². The zero-order chi connectivity index (χ0) is 22.2. The molecule has 4 N–H and O–H groups in total. The van der Waals surface area contributed by atoms with E-state index in [1.807, 2.05) is 57.2 Å². The lowest BCUT2D eigenvalue weighted by molar-refractivity contribution is 0.237. The second-order valence-electron chi connectivity index (χ2n) is 7.43. The van der Waals surface area contributed by atoms with E-state index < -0.39 is 0 Å². The molecule has 0 aliphatic rings. The average molecular weight is 422 g/mol. The van der Waals surface area contributed by atoms with Gasteiger partial charge in [-0.25, -0.2) is 19.3 Å². The summed E-state index contributed by atoms with van der Waals surface area (Å²) in [7, 11) is 0. The SMILES string of the molecule is CC(C)NC(=O)Nc1ccc(CNC(=O)NC(C)c2ccc(-n3cncn3)cc2)cc1. The Hall–Kier alpha value is -3.88. The Labute approximate surface area is 181 Å². The second kappa shape index (κ2) is 10.2. The first kappa shape index (κ1) is 21.8. The molecule has 0 aliphatic carbocycles. The van der Waals surface area contributed by atoms with E-state index in [-0.39, 0.29) is 24.1 Å². The highest BCUT2D eigenvalue weighted by atomic mass is 16.2. The molecule has 0 aliphatic heterocycles. The highest BCUT2D eigenvalue weighted by molar-refractivity contribution is 5.89. The molecule has 1 aromatic heterocycles. The van der Waals surface area contributed by atoms with Gasteiger partial charge in [0, 0.05) is 18.3 Å².